The molecule has 5 rings (SSSR count). The molecule has 1 amide bonds. The lowest BCUT2D eigenvalue weighted by molar-refractivity contribution is -0.131. The summed E-state index contributed by atoms with van der Waals surface area (Å²) >= 11 is 6.20. The van der Waals surface area contributed by atoms with Crippen molar-refractivity contribution in [3.8, 4) is 17.2 Å². The SMILES string of the molecule is COc1cc(OC)c2c(c1)O[C@@]1(c3ccc(Cl)cc3)[C@H](c3cccc(F)c3)C[C@H](NC(C)=O)[C@@]21O. The van der Waals surface area contributed by atoms with Crippen LogP contribution in [0.2, 0.25) is 5.02 Å². The Kier molecular flexibility index (Phi) is 5.65. The quantitative estimate of drug-likeness (QED) is 0.536. The summed E-state index contributed by atoms with van der Waals surface area (Å²) in [7, 11) is 3.02. The van der Waals surface area contributed by atoms with Crippen LogP contribution in [0.4, 0.5) is 4.39 Å². The van der Waals surface area contributed by atoms with Crippen LogP contribution in [0.3, 0.4) is 0 Å². The van der Waals surface area contributed by atoms with Gasteiger partial charge in [-0.05, 0) is 41.8 Å². The monoisotopic (exact) mass is 497 g/mol. The maximum atomic E-state index is 14.4. The van der Waals surface area contributed by atoms with Gasteiger partial charge in [0, 0.05) is 30.0 Å². The molecule has 0 aromatic heterocycles. The number of benzene rings is 3. The Morgan fingerprint density at radius 1 is 1.14 bits per heavy atom. The number of nitrogens with one attached hydrogen (secondary N) is 1. The molecular weight excluding hydrogens is 473 g/mol. The van der Waals surface area contributed by atoms with Gasteiger partial charge in [0.15, 0.2) is 11.2 Å². The van der Waals surface area contributed by atoms with Gasteiger partial charge in [0.25, 0.3) is 0 Å². The smallest absolute Gasteiger partial charge is 0.217 e. The lowest BCUT2D eigenvalue weighted by atomic mass is 9.71. The Morgan fingerprint density at radius 3 is 2.51 bits per heavy atom. The first-order valence-electron chi connectivity index (χ1n) is 11.2. The van der Waals surface area contributed by atoms with E-state index in [0.717, 1.165) is 0 Å². The van der Waals surface area contributed by atoms with Crippen molar-refractivity contribution in [3.63, 3.8) is 0 Å². The van der Waals surface area contributed by atoms with Crippen LogP contribution in [0.1, 0.15) is 36.0 Å². The summed E-state index contributed by atoms with van der Waals surface area (Å²) < 4.78 is 32.2. The van der Waals surface area contributed by atoms with Crippen LogP contribution in [-0.4, -0.2) is 31.3 Å². The molecule has 4 atom stereocenters. The van der Waals surface area contributed by atoms with Crippen molar-refractivity contribution in [1.82, 2.24) is 5.32 Å². The Labute approximate surface area is 207 Å². The van der Waals surface area contributed by atoms with Crippen LogP contribution in [0.5, 0.6) is 17.2 Å². The Hall–Kier alpha value is -3.29. The van der Waals surface area contributed by atoms with Gasteiger partial charge in [-0.25, -0.2) is 4.39 Å². The summed E-state index contributed by atoms with van der Waals surface area (Å²) in [5, 5.41) is 16.2. The predicted octanol–water partition coefficient (Wildman–Crippen LogP) is 4.66. The second kappa shape index (κ2) is 8.43. The van der Waals surface area contributed by atoms with E-state index in [0.29, 0.717) is 39.0 Å². The largest absolute Gasteiger partial charge is 0.496 e. The Morgan fingerprint density at radius 2 is 1.89 bits per heavy atom. The second-order valence-electron chi connectivity index (χ2n) is 8.91. The molecule has 0 radical (unpaired) electrons. The molecule has 6 nitrogen and oxygen atoms in total. The van der Waals surface area contributed by atoms with E-state index in [9.17, 15) is 14.3 Å². The van der Waals surface area contributed by atoms with E-state index in [2.05, 4.69) is 5.32 Å². The summed E-state index contributed by atoms with van der Waals surface area (Å²) in [6.07, 6.45) is 0.288. The maximum absolute atomic E-state index is 14.4. The van der Waals surface area contributed by atoms with Crippen LogP contribution in [0.15, 0.2) is 60.7 Å². The van der Waals surface area contributed by atoms with Crippen LogP contribution in [0, 0.1) is 5.82 Å². The van der Waals surface area contributed by atoms with Crippen LogP contribution in [-0.2, 0) is 16.0 Å². The summed E-state index contributed by atoms with van der Waals surface area (Å²) in [6, 6.07) is 15.8. The number of fused-ring (bicyclic) bond motifs is 3. The van der Waals surface area contributed by atoms with Gasteiger partial charge in [0.1, 0.15) is 23.1 Å². The van der Waals surface area contributed by atoms with Gasteiger partial charge >= 0.3 is 0 Å². The van der Waals surface area contributed by atoms with Gasteiger partial charge < -0.3 is 24.6 Å². The zero-order chi connectivity index (χ0) is 25.0. The summed E-state index contributed by atoms with van der Waals surface area (Å²) in [6.45, 7) is 1.39. The highest BCUT2D eigenvalue weighted by molar-refractivity contribution is 6.30. The molecule has 0 spiro atoms. The van der Waals surface area contributed by atoms with Crippen molar-refractivity contribution in [1.29, 1.82) is 0 Å². The van der Waals surface area contributed by atoms with Crippen molar-refractivity contribution in [2.75, 3.05) is 14.2 Å². The molecule has 3 aromatic carbocycles. The van der Waals surface area contributed by atoms with Crippen LogP contribution < -0.4 is 19.5 Å². The van der Waals surface area contributed by atoms with E-state index < -0.39 is 29.0 Å². The standard InChI is InChI=1S/C27H25ClFNO5/c1-15(31)30-24-14-21(16-5-4-6-19(29)11-16)27(17-7-9-18(28)10-8-17)26(24,32)25-22(34-3)12-20(33-2)13-23(25)35-27/h4-13,21,24,32H,14H2,1-3H3,(H,30,31)/t21-,24-,26+,27-/m0/s1. The third kappa shape index (κ3) is 3.37. The number of hydrogen-bond acceptors (Lipinski definition) is 5. The van der Waals surface area contributed by atoms with Gasteiger partial charge in [0.05, 0.1) is 25.8 Å². The third-order valence-electron chi connectivity index (χ3n) is 7.08. The highest BCUT2D eigenvalue weighted by Crippen LogP contribution is 2.68. The Bertz CT molecular complexity index is 1300. The number of rotatable bonds is 5. The normalized spacial score (nSPS) is 26.5. The van der Waals surface area contributed by atoms with Gasteiger partial charge in [0.2, 0.25) is 5.91 Å². The summed E-state index contributed by atoms with van der Waals surface area (Å²) in [5.41, 5.74) is -1.54. The molecule has 0 unspecified atom stereocenters. The number of hydrogen-bond donors (Lipinski definition) is 2. The summed E-state index contributed by atoms with van der Waals surface area (Å²) in [5.74, 6) is -0.0644. The first kappa shape index (κ1) is 23.5. The molecule has 2 aliphatic rings. The van der Waals surface area contributed by atoms with E-state index in [1.165, 1.54) is 33.3 Å². The molecule has 2 N–H and O–H groups in total. The van der Waals surface area contributed by atoms with E-state index in [-0.39, 0.29) is 12.3 Å². The molecular formula is C27H25ClFNO5. The van der Waals surface area contributed by atoms with Gasteiger partial charge in [-0.3, -0.25) is 4.79 Å². The highest BCUT2D eigenvalue weighted by atomic mass is 35.5. The maximum Gasteiger partial charge on any atom is 0.217 e. The zero-order valence-electron chi connectivity index (χ0n) is 19.5. The minimum absolute atomic E-state index is 0.288. The third-order valence-corrected chi connectivity index (χ3v) is 7.33. The molecule has 1 fully saturated rings. The number of halogens is 2. The van der Waals surface area contributed by atoms with E-state index >= 15 is 0 Å². The first-order chi connectivity index (χ1) is 16.7. The Balaban J connectivity index is 1.85. The average molecular weight is 498 g/mol. The molecule has 1 heterocycles. The lowest BCUT2D eigenvalue weighted by Crippen LogP contribution is -2.56. The molecule has 8 heteroatoms. The van der Waals surface area contributed by atoms with Crippen molar-refractivity contribution < 1.29 is 28.5 Å². The fourth-order valence-electron chi connectivity index (χ4n) is 5.76. The fourth-order valence-corrected chi connectivity index (χ4v) is 5.89. The molecule has 1 saturated carbocycles. The molecule has 182 valence electrons. The number of aliphatic hydroxyl groups is 1. The van der Waals surface area contributed by atoms with E-state index in [4.69, 9.17) is 25.8 Å². The lowest BCUT2D eigenvalue weighted by Gasteiger charge is -2.41. The van der Waals surface area contributed by atoms with Crippen LogP contribution >= 0.6 is 11.6 Å². The zero-order valence-corrected chi connectivity index (χ0v) is 20.2. The number of carbonyl (C=O) groups excluding carboxylic acids is 1. The van der Waals surface area contributed by atoms with Crippen molar-refractivity contribution >= 4 is 17.5 Å². The molecule has 0 bridgehead atoms. The van der Waals surface area contributed by atoms with Crippen molar-refractivity contribution in [2.24, 2.45) is 0 Å². The van der Waals surface area contributed by atoms with Crippen LogP contribution in [0.25, 0.3) is 0 Å². The number of ether oxygens (including phenoxy) is 3. The number of carbonyl (C=O) groups is 1. The van der Waals surface area contributed by atoms with Gasteiger partial charge in [-0.2, -0.15) is 0 Å². The van der Waals surface area contributed by atoms with Crippen molar-refractivity contribution in [2.45, 2.75) is 36.5 Å². The number of amides is 1. The van der Waals surface area contributed by atoms with E-state index in [1.54, 1.807) is 48.5 Å². The molecule has 35 heavy (non-hydrogen) atoms. The average Bonchev–Trinajstić information content (AvgIpc) is 3.24. The highest BCUT2D eigenvalue weighted by Gasteiger charge is 2.73. The molecule has 1 aliphatic carbocycles. The topological polar surface area (TPSA) is 77.0 Å². The fraction of sp³-hybridized carbons (Fsp3) is 0.296. The minimum atomic E-state index is -1.77. The number of methoxy groups -OCH3 is 2. The van der Waals surface area contributed by atoms with Crippen molar-refractivity contribution in [3.05, 3.63) is 88.2 Å². The van der Waals surface area contributed by atoms with Gasteiger partial charge in [-0.1, -0.05) is 35.9 Å². The molecule has 1 aliphatic heterocycles. The van der Waals surface area contributed by atoms with E-state index in [1.807, 2.05) is 0 Å². The molecule has 3 aromatic rings. The molecule has 0 saturated heterocycles. The first-order valence-corrected chi connectivity index (χ1v) is 11.6. The second-order valence-corrected chi connectivity index (χ2v) is 9.35. The summed E-state index contributed by atoms with van der Waals surface area (Å²) in [4.78, 5) is 12.3. The minimum Gasteiger partial charge on any atom is -0.496 e. The van der Waals surface area contributed by atoms with Gasteiger partial charge in [-0.15, -0.1) is 0 Å². The predicted molar refractivity (Wildman–Crippen MR) is 129 cm³/mol.